The van der Waals surface area contributed by atoms with Gasteiger partial charge in [0.1, 0.15) is 11.0 Å². The lowest BCUT2D eigenvalue weighted by Crippen LogP contribution is -2.65. The van der Waals surface area contributed by atoms with Gasteiger partial charge in [0.2, 0.25) is 0 Å². The van der Waals surface area contributed by atoms with Crippen LogP contribution >= 0.6 is 0 Å². The fourth-order valence-electron chi connectivity index (χ4n) is 2.86. The molecule has 1 heterocycles. The van der Waals surface area contributed by atoms with Gasteiger partial charge < -0.3 is 14.6 Å². The van der Waals surface area contributed by atoms with Crippen LogP contribution in [-0.4, -0.2) is 36.5 Å². The van der Waals surface area contributed by atoms with E-state index in [1.54, 1.807) is 6.92 Å². The number of ether oxygens (including phenoxy) is 2. The predicted molar refractivity (Wildman–Crippen MR) is 57.9 cm³/mol. The van der Waals surface area contributed by atoms with Gasteiger partial charge in [-0.25, -0.2) is 0 Å². The van der Waals surface area contributed by atoms with Gasteiger partial charge in [-0.1, -0.05) is 19.3 Å². The Morgan fingerprint density at radius 1 is 1.31 bits per heavy atom. The van der Waals surface area contributed by atoms with Gasteiger partial charge in [-0.05, 0) is 19.8 Å². The van der Waals surface area contributed by atoms with Gasteiger partial charge in [0.15, 0.2) is 0 Å². The average Bonchev–Trinajstić information content (AvgIpc) is 2.27. The maximum atomic E-state index is 12.1. The normalized spacial score (nSPS) is 26.9. The van der Waals surface area contributed by atoms with Crippen molar-refractivity contribution in [2.24, 2.45) is 5.41 Å². The summed E-state index contributed by atoms with van der Waals surface area (Å²) in [6.07, 6.45) is 4.57. The van der Waals surface area contributed by atoms with Gasteiger partial charge in [-0.2, -0.15) is 0 Å². The Bertz CT molecular complexity index is 264. The van der Waals surface area contributed by atoms with E-state index in [0.29, 0.717) is 6.61 Å². The molecule has 16 heavy (non-hydrogen) atoms. The molecule has 1 saturated carbocycles. The molecule has 4 nitrogen and oxygen atoms in total. The fraction of sp³-hybridized carbons (Fsp3) is 0.917. The molecule has 1 N–H and O–H groups in total. The SMILES string of the molecule is CCOC(=O)C1(C2(O)COC2)CCCCC1. The van der Waals surface area contributed by atoms with Crippen LogP contribution in [0.5, 0.6) is 0 Å². The Kier molecular flexibility index (Phi) is 3.22. The second-order valence-corrected chi connectivity index (χ2v) is 4.89. The Balaban J connectivity index is 2.20. The summed E-state index contributed by atoms with van der Waals surface area (Å²) in [5, 5.41) is 10.5. The van der Waals surface area contributed by atoms with Crippen molar-refractivity contribution in [1.29, 1.82) is 0 Å². The van der Waals surface area contributed by atoms with E-state index in [1.165, 1.54) is 0 Å². The van der Waals surface area contributed by atoms with E-state index < -0.39 is 11.0 Å². The molecule has 1 saturated heterocycles. The van der Waals surface area contributed by atoms with Crippen LogP contribution < -0.4 is 0 Å². The zero-order chi connectivity index (χ0) is 11.6. The topological polar surface area (TPSA) is 55.8 Å². The maximum absolute atomic E-state index is 12.1. The standard InChI is InChI=1S/C12H20O4/c1-2-16-10(13)11(6-4-3-5-7-11)12(14)8-15-9-12/h14H,2-9H2,1H3. The van der Waals surface area contributed by atoms with Crippen LogP contribution in [0.2, 0.25) is 0 Å². The Morgan fingerprint density at radius 3 is 2.38 bits per heavy atom. The predicted octanol–water partition coefficient (Wildman–Crippen LogP) is 1.26. The Morgan fingerprint density at radius 2 is 1.94 bits per heavy atom. The van der Waals surface area contributed by atoms with Crippen molar-refractivity contribution in [2.75, 3.05) is 19.8 Å². The summed E-state index contributed by atoms with van der Waals surface area (Å²) in [4.78, 5) is 12.1. The molecular weight excluding hydrogens is 208 g/mol. The van der Waals surface area contributed by atoms with E-state index in [0.717, 1.165) is 32.1 Å². The molecule has 0 spiro atoms. The van der Waals surface area contributed by atoms with Crippen LogP contribution in [0.15, 0.2) is 0 Å². The van der Waals surface area contributed by atoms with E-state index in [4.69, 9.17) is 9.47 Å². The van der Waals surface area contributed by atoms with Gasteiger partial charge in [0.05, 0.1) is 19.8 Å². The minimum Gasteiger partial charge on any atom is -0.465 e. The molecule has 0 aromatic rings. The largest absolute Gasteiger partial charge is 0.465 e. The van der Waals surface area contributed by atoms with Crippen LogP contribution in [0.3, 0.4) is 0 Å². The Labute approximate surface area is 95.9 Å². The molecule has 92 valence electrons. The van der Waals surface area contributed by atoms with Crippen LogP contribution in [0.1, 0.15) is 39.0 Å². The van der Waals surface area contributed by atoms with Gasteiger partial charge in [0, 0.05) is 0 Å². The number of rotatable bonds is 3. The molecule has 2 fully saturated rings. The third kappa shape index (κ3) is 1.64. The molecule has 4 heteroatoms. The van der Waals surface area contributed by atoms with Crippen molar-refractivity contribution in [3.63, 3.8) is 0 Å². The number of hydrogen-bond acceptors (Lipinski definition) is 4. The quantitative estimate of drug-likeness (QED) is 0.739. The minimum absolute atomic E-state index is 0.236. The highest BCUT2D eigenvalue weighted by atomic mass is 16.6. The van der Waals surface area contributed by atoms with Gasteiger partial charge >= 0.3 is 5.97 Å². The van der Waals surface area contributed by atoms with E-state index >= 15 is 0 Å². The smallest absolute Gasteiger partial charge is 0.315 e. The summed E-state index contributed by atoms with van der Waals surface area (Å²) in [5.74, 6) is -0.236. The van der Waals surface area contributed by atoms with Gasteiger partial charge in [0.25, 0.3) is 0 Å². The first kappa shape index (κ1) is 11.9. The number of carbonyl (C=O) groups is 1. The summed E-state index contributed by atoms with van der Waals surface area (Å²) >= 11 is 0. The molecule has 0 bridgehead atoms. The molecule has 0 unspecified atom stereocenters. The molecule has 0 amide bonds. The third-order valence-electron chi connectivity index (χ3n) is 3.95. The summed E-state index contributed by atoms with van der Waals surface area (Å²) in [6, 6.07) is 0. The molecular formula is C12H20O4. The highest BCUT2D eigenvalue weighted by Gasteiger charge is 2.60. The van der Waals surface area contributed by atoms with E-state index in [2.05, 4.69) is 0 Å². The number of hydrogen-bond donors (Lipinski definition) is 1. The second kappa shape index (κ2) is 4.34. The zero-order valence-electron chi connectivity index (χ0n) is 9.83. The highest BCUT2D eigenvalue weighted by Crippen LogP contribution is 2.49. The molecule has 0 atom stereocenters. The molecule has 2 aliphatic rings. The number of esters is 1. The van der Waals surface area contributed by atoms with Crippen LogP contribution in [0.25, 0.3) is 0 Å². The zero-order valence-corrected chi connectivity index (χ0v) is 9.83. The molecule has 1 aliphatic carbocycles. The molecule has 1 aliphatic heterocycles. The van der Waals surface area contributed by atoms with Crippen LogP contribution in [0, 0.1) is 5.41 Å². The summed E-state index contributed by atoms with van der Waals surface area (Å²) < 4.78 is 10.2. The van der Waals surface area contributed by atoms with Crippen molar-refractivity contribution in [3.8, 4) is 0 Å². The molecule has 0 aromatic carbocycles. The lowest BCUT2D eigenvalue weighted by Gasteiger charge is -2.51. The molecule has 0 radical (unpaired) electrons. The first-order valence-corrected chi connectivity index (χ1v) is 6.12. The van der Waals surface area contributed by atoms with Gasteiger partial charge in [-0.15, -0.1) is 0 Å². The maximum Gasteiger partial charge on any atom is 0.315 e. The highest BCUT2D eigenvalue weighted by molar-refractivity contribution is 5.79. The van der Waals surface area contributed by atoms with Crippen molar-refractivity contribution in [1.82, 2.24) is 0 Å². The minimum atomic E-state index is -0.986. The molecule has 0 aromatic heterocycles. The van der Waals surface area contributed by atoms with E-state index in [9.17, 15) is 9.90 Å². The van der Waals surface area contributed by atoms with Crippen molar-refractivity contribution in [3.05, 3.63) is 0 Å². The number of carbonyl (C=O) groups excluding carboxylic acids is 1. The summed E-state index contributed by atoms with van der Waals surface area (Å²) in [6.45, 7) is 2.71. The lowest BCUT2D eigenvalue weighted by molar-refractivity contribution is -0.253. The van der Waals surface area contributed by atoms with Gasteiger partial charge in [-0.3, -0.25) is 4.79 Å². The second-order valence-electron chi connectivity index (χ2n) is 4.89. The summed E-state index contributed by atoms with van der Waals surface area (Å²) in [5.41, 5.74) is -1.70. The van der Waals surface area contributed by atoms with Crippen molar-refractivity contribution in [2.45, 2.75) is 44.6 Å². The van der Waals surface area contributed by atoms with Crippen molar-refractivity contribution < 1.29 is 19.4 Å². The first-order valence-electron chi connectivity index (χ1n) is 6.12. The van der Waals surface area contributed by atoms with E-state index in [1.807, 2.05) is 0 Å². The Hall–Kier alpha value is -0.610. The summed E-state index contributed by atoms with van der Waals surface area (Å²) in [7, 11) is 0. The fourth-order valence-corrected chi connectivity index (χ4v) is 2.86. The first-order chi connectivity index (χ1) is 7.65. The third-order valence-corrected chi connectivity index (χ3v) is 3.95. The average molecular weight is 228 g/mol. The monoisotopic (exact) mass is 228 g/mol. The van der Waals surface area contributed by atoms with Crippen LogP contribution in [-0.2, 0) is 14.3 Å². The van der Waals surface area contributed by atoms with Crippen molar-refractivity contribution >= 4 is 5.97 Å². The number of aliphatic hydroxyl groups is 1. The molecule has 2 rings (SSSR count). The van der Waals surface area contributed by atoms with E-state index in [-0.39, 0.29) is 19.2 Å². The van der Waals surface area contributed by atoms with Crippen LogP contribution in [0.4, 0.5) is 0 Å². The lowest BCUT2D eigenvalue weighted by atomic mass is 9.62.